The number of Topliss-reactive ketones (excluding diaryl/α,β-unsaturated/α-hetero) is 1. The lowest BCUT2D eigenvalue weighted by molar-refractivity contribution is -0.165. The molecule has 3 heterocycles. The number of hydrogen-bond acceptors (Lipinski definition) is 13. The molecule has 19 heteroatoms. The smallest absolute Gasteiger partial charge is 0.312 e. The molecule has 3 aliphatic rings. The third-order valence-corrected chi connectivity index (χ3v) is 21.9. The van der Waals surface area contributed by atoms with E-state index in [0.29, 0.717) is 64.3 Å². The molecule has 5 rings (SSSR count). The van der Waals surface area contributed by atoms with E-state index in [4.69, 9.17) is 13.9 Å². The number of allylic oxidation sites excluding steroid dienone is 2. The minimum Gasteiger partial charge on any atom is -0.452 e. The first-order valence-corrected chi connectivity index (χ1v) is 34.4. The summed E-state index contributed by atoms with van der Waals surface area (Å²) in [7, 11) is -2.19. The fraction of sp³-hybridized carbons (Fsp3) is 0.618. The topological polar surface area (TPSA) is 248 Å². The first-order chi connectivity index (χ1) is 40.8. The maximum atomic E-state index is 13.5. The number of benzene rings is 2. The van der Waals surface area contributed by atoms with Gasteiger partial charge in [-0.1, -0.05) is 116 Å². The Hall–Kier alpha value is -6.28. The van der Waals surface area contributed by atoms with Gasteiger partial charge in [0.05, 0.1) is 60.2 Å². The second kappa shape index (κ2) is 33.9. The van der Waals surface area contributed by atoms with Crippen LogP contribution < -0.4 is 26.6 Å². The molecule has 3 aliphatic heterocycles. The van der Waals surface area contributed by atoms with Gasteiger partial charge < -0.3 is 45.2 Å². The Morgan fingerprint density at radius 1 is 0.851 bits per heavy atom. The number of ether oxygens (including phenoxy) is 2. The second-order valence-corrected chi connectivity index (χ2v) is 31.1. The minimum absolute atomic E-state index is 0.0410. The molecule has 0 spiro atoms. The number of rotatable bonds is 17. The van der Waals surface area contributed by atoms with E-state index in [2.05, 4.69) is 73.6 Å². The predicted octanol–water partition coefficient (Wildman–Crippen LogP) is 9.63. The molecule has 0 radical (unpaired) electrons. The molecular weight excluding hydrogens is 1120 g/mol. The van der Waals surface area contributed by atoms with E-state index < -0.39 is 86.4 Å². The highest BCUT2D eigenvalue weighted by Crippen LogP contribution is 2.39. The fourth-order valence-corrected chi connectivity index (χ4v) is 11.9. The molecule has 482 valence electrons. The first-order valence-electron chi connectivity index (χ1n) is 31.5. The Kier molecular flexibility index (Phi) is 28.5. The SMILES string of the molecule is C=CCC[C@@H](O[Si](C)(C)C(C)(C)C)[C@@H](C)C(=O)O[C@H](C(=O)N[C@@H](C)C(=O)N1CCC[C@@H](C(=O)N[C@H](C)c2cccc(C=C)c2)C1)C(C)C.CC(C)[C@@H]1OC(=O)[C@H](C)[C@H](O)CC/C=C/c2cccc(c2)[C@@H](C)NC(=O)[C@@H]2CCCC(N2)C(=O)[C@H](C)NC1=O. The highest BCUT2D eigenvalue weighted by molar-refractivity contribution is 6.74. The van der Waals surface area contributed by atoms with Crippen LogP contribution in [0, 0.1) is 29.6 Å². The minimum atomic E-state index is -2.19. The molecule has 6 N–H and O–H groups in total. The molecule has 18 nitrogen and oxygen atoms in total. The summed E-state index contributed by atoms with van der Waals surface area (Å²) in [4.78, 5) is 107. The van der Waals surface area contributed by atoms with E-state index in [1.807, 2.05) is 80.6 Å². The number of esters is 2. The number of carbonyl (C=O) groups is 8. The zero-order chi connectivity index (χ0) is 65.1. The van der Waals surface area contributed by atoms with E-state index in [1.165, 1.54) is 0 Å². The molecule has 2 saturated heterocycles. The molecule has 87 heavy (non-hydrogen) atoms. The summed E-state index contributed by atoms with van der Waals surface area (Å²) in [5.41, 5.74) is 3.86. The Bertz CT molecular complexity index is 2720. The van der Waals surface area contributed by atoms with Crippen LogP contribution in [0.15, 0.2) is 73.8 Å². The van der Waals surface area contributed by atoms with E-state index in [1.54, 1.807) is 66.4 Å². The second-order valence-electron chi connectivity index (χ2n) is 26.3. The quantitative estimate of drug-likeness (QED) is 0.0491. The van der Waals surface area contributed by atoms with Gasteiger partial charge in [-0.15, -0.1) is 6.58 Å². The van der Waals surface area contributed by atoms with Gasteiger partial charge in [-0.25, -0.2) is 0 Å². The summed E-state index contributed by atoms with van der Waals surface area (Å²) in [6, 6.07) is 12.4. The van der Waals surface area contributed by atoms with Crippen molar-refractivity contribution in [3.63, 3.8) is 0 Å². The van der Waals surface area contributed by atoms with Crippen LogP contribution in [-0.2, 0) is 52.3 Å². The van der Waals surface area contributed by atoms with Crippen molar-refractivity contribution < 1.29 is 57.4 Å². The number of cyclic esters (lactones) is 1. The highest BCUT2D eigenvalue weighted by Gasteiger charge is 2.43. The maximum absolute atomic E-state index is 13.5. The average Bonchev–Trinajstić information content (AvgIpc) is 3.67. The van der Waals surface area contributed by atoms with Gasteiger partial charge in [-0.2, -0.15) is 0 Å². The Morgan fingerprint density at radius 3 is 2.16 bits per heavy atom. The molecule has 2 fully saturated rings. The molecule has 2 aromatic rings. The van der Waals surface area contributed by atoms with Crippen molar-refractivity contribution in [3.8, 4) is 0 Å². The van der Waals surface area contributed by atoms with Gasteiger partial charge in [-0.05, 0) is 164 Å². The summed E-state index contributed by atoms with van der Waals surface area (Å²) < 4.78 is 18.0. The van der Waals surface area contributed by atoms with Gasteiger partial charge in [-0.3, -0.25) is 43.7 Å². The van der Waals surface area contributed by atoms with Crippen molar-refractivity contribution in [1.82, 2.24) is 31.5 Å². The third kappa shape index (κ3) is 21.8. The Morgan fingerprint density at radius 2 is 1.52 bits per heavy atom. The standard InChI is InChI=1S/C38H61N3O6Si.C30H43N3O6/c1-13-15-21-32(47-48(11,12)38(8,9)10)26(5)37(45)46-33(25(3)4)35(43)40-28(7)36(44)41-22-17-20-31(24-41)34(42)39-27(6)30-19-16-18-29(14-2)23-30;1-17(2)27-29(37)32-20(5)26(35)23-13-9-14-24(33-23)28(36)31-19(4)22-12-8-11-21(16-22)10-6-7-15-25(34)18(3)30(38)39-27/h13-14,16,18-19,23,25-28,31-33H,1-2,15,17,20-22,24H2,3-12H3,(H,39,42)(H,40,43);6,8,10-12,16-20,23-25,27,33-34H,7,9,13-15H2,1-5H3,(H,31,36)(H,32,37)/b;10-6+/t26-,27-,28+,31-,32-,33+;18-,19-,20+,23?,24+,25-,27+/m11/s1. The van der Waals surface area contributed by atoms with Crippen LogP contribution >= 0.6 is 0 Å². The molecule has 5 amide bonds. The number of amides is 5. The number of fused-ring (bicyclic) bond motifs is 4. The lowest BCUT2D eigenvalue weighted by Gasteiger charge is -2.40. The van der Waals surface area contributed by atoms with Crippen molar-refractivity contribution in [2.24, 2.45) is 29.6 Å². The molecule has 1 unspecified atom stereocenters. The number of ketones is 1. The molecule has 0 aliphatic carbocycles. The molecule has 4 bridgehead atoms. The van der Waals surface area contributed by atoms with E-state index in [9.17, 15) is 43.5 Å². The van der Waals surface area contributed by atoms with Crippen molar-refractivity contribution >= 4 is 67.7 Å². The lowest BCUT2D eigenvalue weighted by atomic mass is 9.92. The van der Waals surface area contributed by atoms with Gasteiger partial charge >= 0.3 is 11.9 Å². The molecular formula is C68H104N6O12Si. The number of carbonyl (C=O) groups excluding carboxylic acids is 8. The van der Waals surface area contributed by atoms with Crippen molar-refractivity contribution in [1.29, 1.82) is 0 Å². The average molecular weight is 1230 g/mol. The van der Waals surface area contributed by atoms with Crippen LogP contribution in [0.3, 0.4) is 0 Å². The zero-order valence-electron chi connectivity index (χ0n) is 54.7. The number of nitrogens with zero attached hydrogens (tertiary/aromatic N) is 1. The number of hydrogen-bond donors (Lipinski definition) is 6. The Labute approximate surface area is 519 Å². The maximum Gasteiger partial charge on any atom is 0.312 e. The number of piperidine rings is 2. The number of likely N-dealkylation sites (tertiary alicyclic amines) is 1. The van der Waals surface area contributed by atoms with Gasteiger partial charge in [0.1, 0.15) is 6.04 Å². The van der Waals surface area contributed by atoms with Crippen LogP contribution in [-0.4, -0.2) is 127 Å². The number of aliphatic hydroxyl groups excluding tert-OH is 1. The highest BCUT2D eigenvalue weighted by atomic mass is 28.4. The van der Waals surface area contributed by atoms with Crippen LogP contribution in [0.1, 0.15) is 182 Å². The summed E-state index contributed by atoms with van der Waals surface area (Å²) in [6.45, 7) is 36.7. The molecule has 0 aromatic heterocycles. The normalized spacial score (nSPS) is 24.9. The molecule has 0 saturated carbocycles. The monoisotopic (exact) mass is 1220 g/mol. The zero-order valence-corrected chi connectivity index (χ0v) is 55.7. The van der Waals surface area contributed by atoms with E-state index in [-0.39, 0.29) is 71.0 Å². The Balaban J connectivity index is 0.000000380. The van der Waals surface area contributed by atoms with Crippen LogP contribution in [0.5, 0.6) is 0 Å². The fourth-order valence-electron chi connectivity index (χ4n) is 10.5. The third-order valence-electron chi connectivity index (χ3n) is 17.4. The first kappa shape index (κ1) is 73.2. The van der Waals surface area contributed by atoms with Gasteiger partial charge in [0.25, 0.3) is 11.8 Å². The van der Waals surface area contributed by atoms with E-state index in [0.717, 1.165) is 22.3 Å². The van der Waals surface area contributed by atoms with Gasteiger partial charge in [0.15, 0.2) is 26.3 Å². The van der Waals surface area contributed by atoms with E-state index >= 15 is 0 Å². The van der Waals surface area contributed by atoms with Crippen LogP contribution in [0.4, 0.5) is 0 Å². The lowest BCUT2D eigenvalue weighted by Crippen LogP contribution is -2.58. The van der Waals surface area contributed by atoms with Crippen molar-refractivity contribution in [3.05, 3.63) is 96.1 Å². The summed E-state index contributed by atoms with van der Waals surface area (Å²) in [5.74, 6) is -5.48. The summed E-state index contributed by atoms with van der Waals surface area (Å²) in [6.07, 6.45) is 9.36. The van der Waals surface area contributed by atoms with Gasteiger partial charge in [0.2, 0.25) is 17.7 Å². The van der Waals surface area contributed by atoms with Gasteiger partial charge in [0, 0.05) is 13.1 Å². The number of nitrogens with one attached hydrogen (secondary N) is 5. The van der Waals surface area contributed by atoms with Crippen LogP contribution in [0.2, 0.25) is 18.1 Å². The predicted molar refractivity (Wildman–Crippen MR) is 344 cm³/mol. The molecule has 2 aromatic carbocycles. The molecule has 13 atom stereocenters. The summed E-state index contributed by atoms with van der Waals surface area (Å²) >= 11 is 0. The van der Waals surface area contributed by atoms with Crippen LogP contribution in [0.25, 0.3) is 12.2 Å². The number of aliphatic hydroxyl groups is 1. The largest absolute Gasteiger partial charge is 0.452 e. The van der Waals surface area contributed by atoms with Crippen molar-refractivity contribution in [2.45, 2.75) is 227 Å². The van der Waals surface area contributed by atoms with Crippen molar-refractivity contribution in [2.75, 3.05) is 13.1 Å². The summed E-state index contributed by atoms with van der Waals surface area (Å²) in [5, 5.41) is 25.3.